The number of nitrogens with zero attached hydrogens (tertiary/aromatic N) is 2. The second kappa shape index (κ2) is 17.7. The molecule has 9 nitrogen and oxygen atoms in total. The van der Waals surface area contributed by atoms with E-state index in [1.54, 1.807) is 36.4 Å². The Labute approximate surface area is 353 Å². The Bertz CT molecular complexity index is 2170. The molecule has 0 aliphatic heterocycles. The molecule has 4 bridgehead atoms. The second-order valence-electron chi connectivity index (χ2n) is 17.4. The number of benzene rings is 2. The fourth-order valence-corrected chi connectivity index (χ4v) is 11.5. The smallest absolute Gasteiger partial charge is 0.295 e. The van der Waals surface area contributed by atoms with E-state index < -0.39 is 30.2 Å². The van der Waals surface area contributed by atoms with Gasteiger partial charge in [-0.15, -0.1) is 0 Å². The van der Waals surface area contributed by atoms with Crippen LogP contribution in [0, 0.1) is 79.4 Å². The summed E-state index contributed by atoms with van der Waals surface area (Å²) in [5, 5.41) is 22.4. The third-order valence-corrected chi connectivity index (χ3v) is 14.6. The monoisotopic (exact) mass is 854 g/mol. The van der Waals surface area contributed by atoms with Gasteiger partial charge >= 0.3 is 12.3 Å². The maximum Gasteiger partial charge on any atom is 0.516 e. The number of hydrogen-bond acceptors (Lipinski definition) is 7. The van der Waals surface area contributed by atoms with Crippen LogP contribution in [0.15, 0.2) is 107 Å². The summed E-state index contributed by atoms with van der Waals surface area (Å²) in [6, 6.07) is 12.6. The number of allylic oxidation sites excluding steroid dienone is 10. The van der Waals surface area contributed by atoms with Crippen molar-refractivity contribution in [3.8, 4) is 0 Å². The summed E-state index contributed by atoms with van der Waals surface area (Å²) in [7, 11) is 8.96. The SMILES string of the molecule is C[C@@H]1/C(=C\c2ccc([N+](=O)[O-])cc2)C(=O)[C@@H]2[C@H]1[C@H]1C=C[C@@H]2C1.C[C@H]1C=CC(=O)/C1=C/c1ccc([N+](=O)[O-])cc1.C[Si](C)(C)C1=C[C@H]2[C@@H](C1=O)[C@@H]1C=C[C@H]2C1.[CH3][Al]([Cl])[Cl]. The Hall–Kier alpha value is -3.98. The average Bonchev–Trinajstić information content (AvgIpc) is 4.04. The first-order valence-corrected chi connectivity index (χ1v) is 28.1. The molecule has 0 unspecified atom stereocenters. The number of nitro benzene ring substituents is 2. The van der Waals surface area contributed by atoms with Gasteiger partial charge in [0.15, 0.2) is 17.3 Å². The highest BCUT2D eigenvalue weighted by atomic mass is 35.7. The molecule has 0 saturated heterocycles. The zero-order valence-electron chi connectivity index (χ0n) is 33.6. The molecule has 302 valence electrons. The van der Waals surface area contributed by atoms with Crippen LogP contribution >= 0.6 is 20.1 Å². The van der Waals surface area contributed by atoms with E-state index in [0.29, 0.717) is 47.2 Å². The summed E-state index contributed by atoms with van der Waals surface area (Å²) in [6.07, 6.45) is 20.9. The number of carbonyl (C=O) groups is 3. The summed E-state index contributed by atoms with van der Waals surface area (Å²) in [5.74, 6) is 6.74. The van der Waals surface area contributed by atoms with Crippen molar-refractivity contribution in [2.45, 2.75) is 52.1 Å². The summed E-state index contributed by atoms with van der Waals surface area (Å²) in [4.78, 5) is 57.0. The minimum Gasteiger partial charge on any atom is -0.295 e. The zero-order chi connectivity index (χ0) is 42.2. The molecule has 0 aromatic heterocycles. The van der Waals surface area contributed by atoms with E-state index in [0.717, 1.165) is 28.7 Å². The Morgan fingerprint density at radius 3 is 1.60 bits per heavy atom. The van der Waals surface area contributed by atoms with E-state index in [4.69, 9.17) is 20.1 Å². The van der Waals surface area contributed by atoms with Crippen LogP contribution in [0.1, 0.15) is 37.8 Å². The number of Topliss-reactive ketones (excluding diaryl/α,β-unsaturated/α-hetero) is 2. The molecule has 0 spiro atoms. The average molecular weight is 856 g/mol. The molecule has 2 aromatic rings. The lowest BCUT2D eigenvalue weighted by atomic mass is 9.81. The summed E-state index contributed by atoms with van der Waals surface area (Å²) in [5.41, 5.74) is 3.40. The molecular formula is C45H49AlCl2N2O7Si. The molecule has 3 fully saturated rings. The quantitative estimate of drug-likeness (QED) is 0.0959. The maximum atomic E-state index is 12.8. The van der Waals surface area contributed by atoms with Crippen molar-refractivity contribution in [3.05, 3.63) is 139 Å². The van der Waals surface area contributed by atoms with Gasteiger partial charge in [0.25, 0.3) is 11.4 Å². The molecule has 7 aliphatic rings. The van der Waals surface area contributed by atoms with E-state index in [1.165, 1.54) is 35.9 Å². The van der Waals surface area contributed by atoms with Gasteiger partial charge in [0.2, 0.25) is 0 Å². The molecule has 2 aromatic carbocycles. The van der Waals surface area contributed by atoms with Crippen molar-refractivity contribution in [2.75, 3.05) is 0 Å². The molecule has 13 heteroatoms. The summed E-state index contributed by atoms with van der Waals surface area (Å²) >= 11 is -1.19. The lowest BCUT2D eigenvalue weighted by Gasteiger charge is -2.21. The van der Waals surface area contributed by atoms with Gasteiger partial charge in [-0.3, -0.25) is 34.6 Å². The number of halogens is 2. The van der Waals surface area contributed by atoms with Crippen molar-refractivity contribution < 1.29 is 24.2 Å². The molecule has 9 rings (SSSR count). The lowest BCUT2D eigenvalue weighted by Crippen LogP contribution is -2.31. The van der Waals surface area contributed by atoms with Crippen LogP contribution in [-0.2, 0) is 14.4 Å². The molecule has 0 radical (unpaired) electrons. The molecule has 0 heterocycles. The third kappa shape index (κ3) is 9.25. The topological polar surface area (TPSA) is 137 Å². The van der Waals surface area contributed by atoms with Gasteiger partial charge in [-0.2, -0.15) is 0 Å². The Balaban J connectivity index is 0.000000143. The van der Waals surface area contributed by atoms with Gasteiger partial charge < -0.3 is 0 Å². The molecule has 3 saturated carbocycles. The normalized spacial score (nSPS) is 31.7. The second-order valence-corrected chi connectivity index (χ2v) is 28.1. The minimum atomic E-state index is -1.40. The van der Waals surface area contributed by atoms with E-state index in [-0.39, 0.29) is 40.7 Å². The predicted octanol–water partition coefficient (Wildman–Crippen LogP) is 10.8. The van der Waals surface area contributed by atoms with E-state index in [9.17, 15) is 34.6 Å². The fraction of sp³-hybridized carbons (Fsp3) is 0.400. The largest absolute Gasteiger partial charge is 0.516 e. The number of non-ortho nitro benzene ring substituents is 2. The van der Waals surface area contributed by atoms with Crippen LogP contribution < -0.4 is 0 Å². The molecule has 58 heavy (non-hydrogen) atoms. The van der Waals surface area contributed by atoms with Gasteiger partial charge in [0.1, 0.15) is 0 Å². The van der Waals surface area contributed by atoms with Crippen LogP contribution in [-0.4, -0.2) is 47.6 Å². The minimum absolute atomic E-state index is 0.0100. The highest BCUT2D eigenvalue weighted by Gasteiger charge is 2.56. The zero-order valence-corrected chi connectivity index (χ0v) is 37.3. The summed E-state index contributed by atoms with van der Waals surface area (Å²) in [6.45, 7) is 10.9. The van der Waals surface area contributed by atoms with Crippen LogP contribution in [0.4, 0.5) is 11.4 Å². The molecule has 0 N–H and O–H groups in total. The highest BCUT2D eigenvalue weighted by molar-refractivity contribution is 7.33. The predicted molar refractivity (Wildman–Crippen MR) is 235 cm³/mol. The molecule has 0 amide bonds. The van der Waals surface area contributed by atoms with Crippen molar-refractivity contribution in [1.82, 2.24) is 0 Å². The van der Waals surface area contributed by atoms with Crippen LogP contribution in [0.5, 0.6) is 0 Å². The van der Waals surface area contributed by atoms with Crippen LogP contribution in [0.2, 0.25) is 25.4 Å². The van der Waals surface area contributed by atoms with Crippen LogP contribution in [0.3, 0.4) is 0 Å². The number of fused-ring (bicyclic) bond motifs is 10. The van der Waals surface area contributed by atoms with Crippen LogP contribution in [0.25, 0.3) is 12.2 Å². The number of carbonyl (C=O) groups excluding carboxylic acids is 3. The number of rotatable bonds is 5. The van der Waals surface area contributed by atoms with Crippen molar-refractivity contribution in [3.63, 3.8) is 0 Å². The van der Waals surface area contributed by atoms with Gasteiger partial charge in [-0.25, -0.2) is 20.1 Å². The van der Waals surface area contributed by atoms with Crippen molar-refractivity contribution >= 4 is 81.4 Å². The van der Waals surface area contributed by atoms with E-state index >= 15 is 0 Å². The number of hydrogen-bond donors (Lipinski definition) is 0. The van der Waals surface area contributed by atoms with Gasteiger partial charge in [0.05, 0.1) is 17.9 Å². The summed E-state index contributed by atoms with van der Waals surface area (Å²) < 4.78 is 0. The van der Waals surface area contributed by atoms with E-state index in [1.807, 2.05) is 24.9 Å². The van der Waals surface area contributed by atoms with E-state index in [2.05, 4.69) is 56.9 Å². The first-order valence-electron chi connectivity index (χ1n) is 20.0. The Morgan fingerprint density at radius 2 is 1.16 bits per heavy atom. The third-order valence-electron chi connectivity index (χ3n) is 12.6. The standard InChI is InChI=1S/C18H17NO3.C13H11NO3.C13H18OSi.CH3.Al.2ClH/c1-10-15(8-11-2-6-14(7-3-11)19(21)22)18(20)17-13-5-4-12(9-13)16(10)17;1-9-2-7-13(15)12(9)8-10-3-5-11(6-4-10)14(16)17;1-15(2,3)11-7-10-8-4-5-9(6-8)12(10)13(11)14;;;;/h2-8,10,12-13,16-17H,9H2,1H3;2-9H,1H3;4-5,7-10,12H,6H2,1-3H3;1H3;;2*1H/q;;;;+2;;/p-2/b15-8+;12-8+;;;;;/t10-,12+,13-,16-,17+;9-;8-,9+,10+,12-;;;;/m100..../s1. The molecular weight excluding hydrogens is 806 g/mol. The lowest BCUT2D eigenvalue weighted by molar-refractivity contribution is -0.385. The fourth-order valence-electron chi connectivity index (χ4n) is 9.87. The first kappa shape index (κ1) is 43.6. The maximum absolute atomic E-state index is 12.8. The van der Waals surface area contributed by atoms with Gasteiger partial charge in [-0.05, 0) is 119 Å². The van der Waals surface area contributed by atoms with Gasteiger partial charge in [-0.1, -0.05) is 75.7 Å². The van der Waals surface area contributed by atoms with Gasteiger partial charge in [0, 0.05) is 47.6 Å². The molecule has 7 aliphatic carbocycles. The van der Waals surface area contributed by atoms with Crippen molar-refractivity contribution in [2.24, 2.45) is 59.2 Å². The number of nitro groups is 2. The number of ketones is 3. The first-order chi connectivity index (χ1) is 27.3. The highest BCUT2D eigenvalue weighted by Crippen LogP contribution is 2.58. The molecule has 10 atom stereocenters. The van der Waals surface area contributed by atoms with Crippen molar-refractivity contribution in [1.29, 1.82) is 0 Å². The Morgan fingerprint density at radius 1 is 0.690 bits per heavy atom. The Kier molecular flexibility index (Phi) is 13.3.